The van der Waals surface area contributed by atoms with E-state index in [1.54, 1.807) is 16.2 Å². The Balaban J connectivity index is 2.23. The van der Waals surface area contributed by atoms with Crippen LogP contribution in [0, 0.1) is 5.92 Å². The minimum Gasteiger partial charge on any atom is -0.343 e. The molecule has 2 rings (SSSR count). The smallest absolute Gasteiger partial charge is 0.246 e. The number of carbonyl (C=O) groups excluding carboxylic acids is 2. The van der Waals surface area contributed by atoms with Crippen LogP contribution in [0.2, 0.25) is 0 Å². The molecule has 1 aliphatic heterocycles. The number of nitrogens with zero attached hydrogens (tertiary/aromatic N) is 1. The first-order chi connectivity index (χ1) is 9.92. The molecule has 0 aromatic carbocycles. The average Bonchev–Trinajstić information content (AvgIpc) is 2.82. The van der Waals surface area contributed by atoms with E-state index in [0.29, 0.717) is 25.3 Å². The van der Waals surface area contributed by atoms with Gasteiger partial charge >= 0.3 is 0 Å². The predicted molar refractivity (Wildman–Crippen MR) is 88.0 cm³/mol. The fourth-order valence-corrected chi connectivity index (χ4v) is 4.02. The van der Waals surface area contributed by atoms with Crippen LogP contribution < -0.4 is 5.32 Å². The topological polar surface area (TPSA) is 49.4 Å². The zero-order chi connectivity index (χ0) is 15.6. The van der Waals surface area contributed by atoms with Crippen LogP contribution in [0.4, 0.5) is 0 Å². The third kappa shape index (κ3) is 3.86. The normalized spacial score (nSPS) is 22.8. The molecule has 0 spiro atoms. The van der Waals surface area contributed by atoms with Crippen molar-refractivity contribution >= 4 is 39.1 Å². The van der Waals surface area contributed by atoms with E-state index in [-0.39, 0.29) is 23.9 Å². The van der Waals surface area contributed by atoms with Crippen LogP contribution in [0.25, 0.3) is 0 Å². The summed E-state index contributed by atoms with van der Waals surface area (Å²) in [6.45, 7) is 6.58. The van der Waals surface area contributed by atoms with Crippen molar-refractivity contribution in [2.75, 3.05) is 0 Å². The van der Waals surface area contributed by atoms with E-state index in [9.17, 15) is 9.59 Å². The number of nitrogens with one attached hydrogen (secondary N) is 1. The summed E-state index contributed by atoms with van der Waals surface area (Å²) in [6, 6.07) is 1.27. The Morgan fingerprint density at radius 3 is 2.67 bits per heavy atom. The summed E-state index contributed by atoms with van der Waals surface area (Å²) in [5, 5.41) is 4.85. The highest BCUT2D eigenvalue weighted by Crippen LogP contribution is 2.25. The van der Waals surface area contributed by atoms with Gasteiger partial charge in [0, 0.05) is 14.7 Å². The summed E-state index contributed by atoms with van der Waals surface area (Å²) in [6.07, 6.45) is 1.32. The number of hydrogen-bond acceptors (Lipinski definition) is 3. The van der Waals surface area contributed by atoms with Crippen LogP contribution in [-0.2, 0) is 16.1 Å². The van der Waals surface area contributed by atoms with Gasteiger partial charge in [-0.15, -0.1) is 11.3 Å². The molecule has 1 fully saturated rings. The number of thiophene rings is 1. The fourth-order valence-electron chi connectivity index (χ4n) is 2.58. The van der Waals surface area contributed by atoms with Gasteiger partial charge in [0.25, 0.3) is 0 Å². The number of halogens is 1. The van der Waals surface area contributed by atoms with Crippen LogP contribution in [0.15, 0.2) is 15.9 Å². The maximum absolute atomic E-state index is 12.6. The van der Waals surface area contributed by atoms with Crippen molar-refractivity contribution in [1.29, 1.82) is 0 Å². The minimum atomic E-state index is -0.385. The molecule has 0 aliphatic carbocycles. The van der Waals surface area contributed by atoms with Crippen LogP contribution in [-0.4, -0.2) is 28.8 Å². The highest BCUT2D eigenvalue weighted by Gasteiger charge is 2.39. The first-order valence-electron chi connectivity index (χ1n) is 7.26. The third-order valence-electron chi connectivity index (χ3n) is 3.63. The standard InChI is InChI=1S/C15H21BrN2O2S/c1-4-12-15(20)18(7-11-6-10(16)8-21-11)13(5-9(2)3)14(19)17-12/h6,8-9,12-13H,4-5,7H2,1-3H3,(H,17,19). The van der Waals surface area contributed by atoms with E-state index in [1.165, 1.54) is 0 Å². The van der Waals surface area contributed by atoms with Gasteiger partial charge in [-0.25, -0.2) is 0 Å². The van der Waals surface area contributed by atoms with E-state index in [0.717, 1.165) is 9.35 Å². The van der Waals surface area contributed by atoms with Crippen LogP contribution in [0.5, 0.6) is 0 Å². The lowest BCUT2D eigenvalue weighted by Gasteiger charge is -2.39. The van der Waals surface area contributed by atoms with Gasteiger partial charge in [0.05, 0.1) is 6.54 Å². The largest absolute Gasteiger partial charge is 0.343 e. The first kappa shape index (κ1) is 16.5. The molecule has 2 amide bonds. The molecule has 1 aromatic rings. The second-order valence-electron chi connectivity index (χ2n) is 5.81. The SMILES string of the molecule is CCC1NC(=O)C(CC(C)C)N(Cc2cc(Br)cs2)C1=O. The number of piperazine rings is 1. The molecule has 116 valence electrons. The summed E-state index contributed by atoms with van der Waals surface area (Å²) in [5.74, 6) is 0.377. The molecule has 1 saturated heterocycles. The van der Waals surface area contributed by atoms with Gasteiger partial charge in [-0.2, -0.15) is 0 Å². The summed E-state index contributed by atoms with van der Waals surface area (Å²) in [4.78, 5) is 27.8. The van der Waals surface area contributed by atoms with E-state index in [4.69, 9.17) is 0 Å². The summed E-state index contributed by atoms with van der Waals surface area (Å²) >= 11 is 5.04. The van der Waals surface area contributed by atoms with Crippen LogP contribution >= 0.6 is 27.3 Å². The lowest BCUT2D eigenvalue weighted by molar-refractivity contribution is -0.150. The maximum Gasteiger partial charge on any atom is 0.246 e. The molecule has 21 heavy (non-hydrogen) atoms. The Bertz CT molecular complexity index is 529. The molecule has 2 atom stereocenters. The average molecular weight is 373 g/mol. The van der Waals surface area contributed by atoms with Gasteiger partial charge in [-0.3, -0.25) is 9.59 Å². The van der Waals surface area contributed by atoms with E-state index >= 15 is 0 Å². The molecule has 0 bridgehead atoms. The summed E-state index contributed by atoms with van der Waals surface area (Å²) in [7, 11) is 0. The Kier molecular flexibility index (Phi) is 5.43. The van der Waals surface area contributed by atoms with Crippen molar-refractivity contribution in [2.24, 2.45) is 5.92 Å². The monoisotopic (exact) mass is 372 g/mol. The van der Waals surface area contributed by atoms with Gasteiger partial charge < -0.3 is 10.2 Å². The molecule has 4 nitrogen and oxygen atoms in total. The molecule has 2 heterocycles. The lowest BCUT2D eigenvalue weighted by Crippen LogP contribution is -2.62. The van der Waals surface area contributed by atoms with Crippen molar-refractivity contribution < 1.29 is 9.59 Å². The van der Waals surface area contributed by atoms with Gasteiger partial charge in [-0.1, -0.05) is 20.8 Å². The number of rotatable bonds is 5. The summed E-state index contributed by atoms with van der Waals surface area (Å²) < 4.78 is 1.02. The molecule has 0 saturated carbocycles. The Morgan fingerprint density at radius 2 is 2.14 bits per heavy atom. The Morgan fingerprint density at radius 1 is 1.43 bits per heavy atom. The van der Waals surface area contributed by atoms with Crippen LogP contribution in [0.3, 0.4) is 0 Å². The van der Waals surface area contributed by atoms with Gasteiger partial charge in [0.2, 0.25) is 11.8 Å². The Labute approximate surface area is 138 Å². The molecular weight excluding hydrogens is 352 g/mol. The number of carbonyl (C=O) groups is 2. The number of amides is 2. The Hall–Kier alpha value is -0.880. The van der Waals surface area contributed by atoms with Crippen molar-refractivity contribution in [2.45, 2.75) is 52.2 Å². The van der Waals surface area contributed by atoms with E-state index < -0.39 is 0 Å². The van der Waals surface area contributed by atoms with E-state index in [2.05, 4.69) is 35.1 Å². The van der Waals surface area contributed by atoms with E-state index in [1.807, 2.05) is 18.4 Å². The zero-order valence-electron chi connectivity index (χ0n) is 12.6. The fraction of sp³-hybridized carbons (Fsp3) is 0.600. The van der Waals surface area contributed by atoms with Crippen molar-refractivity contribution in [3.8, 4) is 0 Å². The molecule has 2 unspecified atom stereocenters. The number of hydrogen-bond donors (Lipinski definition) is 1. The molecule has 1 aromatic heterocycles. The van der Waals surface area contributed by atoms with Gasteiger partial charge in [0.15, 0.2) is 0 Å². The van der Waals surface area contributed by atoms with Crippen molar-refractivity contribution in [1.82, 2.24) is 10.2 Å². The highest BCUT2D eigenvalue weighted by atomic mass is 79.9. The molecular formula is C15H21BrN2O2S. The maximum atomic E-state index is 12.6. The quantitative estimate of drug-likeness (QED) is 0.862. The third-order valence-corrected chi connectivity index (χ3v) is 5.31. The van der Waals surface area contributed by atoms with Crippen molar-refractivity contribution in [3.05, 3.63) is 20.8 Å². The first-order valence-corrected chi connectivity index (χ1v) is 8.93. The second kappa shape index (κ2) is 6.92. The predicted octanol–water partition coefficient (Wildman–Crippen LogP) is 3.16. The van der Waals surface area contributed by atoms with Crippen LogP contribution in [0.1, 0.15) is 38.5 Å². The molecule has 6 heteroatoms. The minimum absolute atomic E-state index is 0.0224. The zero-order valence-corrected chi connectivity index (χ0v) is 15.0. The molecule has 0 radical (unpaired) electrons. The molecule has 1 N–H and O–H groups in total. The van der Waals surface area contributed by atoms with Gasteiger partial charge in [-0.05, 0) is 40.8 Å². The molecule has 1 aliphatic rings. The van der Waals surface area contributed by atoms with Crippen molar-refractivity contribution in [3.63, 3.8) is 0 Å². The van der Waals surface area contributed by atoms with Gasteiger partial charge in [0.1, 0.15) is 12.1 Å². The summed E-state index contributed by atoms with van der Waals surface area (Å²) in [5.41, 5.74) is 0. The lowest BCUT2D eigenvalue weighted by atomic mass is 9.97. The highest BCUT2D eigenvalue weighted by molar-refractivity contribution is 9.10. The second-order valence-corrected chi connectivity index (χ2v) is 7.72.